The summed E-state index contributed by atoms with van der Waals surface area (Å²) in [4.78, 5) is 29.1. The van der Waals surface area contributed by atoms with Crippen LogP contribution < -0.4 is 5.32 Å². The smallest absolute Gasteiger partial charge is 0.227 e. The molecule has 0 aliphatic heterocycles. The first-order valence-corrected chi connectivity index (χ1v) is 12.0. The fourth-order valence-corrected chi connectivity index (χ4v) is 4.54. The molecule has 0 atom stereocenters. The Kier molecular flexibility index (Phi) is 4.81. The first kappa shape index (κ1) is 21.4. The average molecular weight is 490 g/mol. The van der Waals surface area contributed by atoms with Crippen molar-refractivity contribution in [2.45, 2.75) is 12.8 Å². The molecule has 1 saturated carbocycles. The van der Waals surface area contributed by atoms with E-state index >= 15 is 0 Å². The quantitative estimate of drug-likeness (QED) is 0.287. The number of amides is 1. The molecule has 0 unspecified atom stereocenters. The number of carbonyl (C=O) groups excluding carboxylic acids is 1. The summed E-state index contributed by atoms with van der Waals surface area (Å²) in [5.41, 5.74) is 6.14. The van der Waals surface area contributed by atoms with Gasteiger partial charge in [0.2, 0.25) is 5.91 Å². The van der Waals surface area contributed by atoms with E-state index in [-0.39, 0.29) is 17.6 Å². The van der Waals surface area contributed by atoms with E-state index in [9.17, 15) is 9.18 Å². The molecule has 4 heterocycles. The predicted octanol–water partition coefficient (Wildman–Crippen LogP) is 5.72. The zero-order valence-electron chi connectivity index (χ0n) is 19.5. The molecule has 180 valence electrons. The minimum atomic E-state index is -0.303. The summed E-state index contributed by atoms with van der Waals surface area (Å²) in [7, 11) is 0. The van der Waals surface area contributed by atoms with Crippen LogP contribution in [-0.2, 0) is 4.79 Å². The summed E-state index contributed by atoms with van der Waals surface area (Å²) in [5.74, 6) is 0.387. The molecule has 0 spiro atoms. The lowest BCUT2D eigenvalue weighted by molar-refractivity contribution is -0.117. The summed E-state index contributed by atoms with van der Waals surface area (Å²) in [5, 5.41) is 11.2. The Morgan fingerprint density at radius 2 is 1.81 bits per heavy atom. The Morgan fingerprint density at radius 3 is 2.68 bits per heavy atom. The molecule has 3 N–H and O–H groups in total. The number of benzene rings is 2. The van der Waals surface area contributed by atoms with Crippen molar-refractivity contribution in [3.63, 3.8) is 0 Å². The van der Waals surface area contributed by atoms with E-state index in [1.54, 1.807) is 36.8 Å². The van der Waals surface area contributed by atoms with Crippen LogP contribution >= 0.6 is 0 Å². The number of carbonyl (C=O) groups is 1. The van der Waals surface area contributed by atoms with Gasteiger partial charge in [0.05, 0.1) is 28.3 Å². The number of H-pyrrole nitrogens is 2. The lowest BCUT2D eigenvalue weighted by atomic mass is 10.0. The third kappa shape index (κ3) is 3.81. The fraction of sp³-hybridized carbons (Fsp3) is 0.107. The maximum Gasteiger partial charge on any atom is 0.227 e. The highest BCUT2D eigenvalue weighted by Crippen LogP contribution is 2.34. The summed E-state index contributed by atoms with van der Waals surface area (Å²) < 4.78 is 14.5. The summed E-state index contributed by atoms with van der Waals surface area (Å²) in [6.07, 6.45) is 6.99. The summed E-state index contributed by atoms with van der Waals surface area (Å²) in [6.45, 7) is 0. The number of hydrogen-bond donors (Lipinski definition) is 3. The monoisotopic (exact) mass is 489 g/mol. The number of aromatic amines is 2. The normalized spacial score (nSPS) is 13.3. The first-order valence-electron chi connectivity index (χ1n) is 12.0. The van der Waals surface area contributed by atoms with E-state index in [1.165, 1.54) is 6.07 Å². The van der Waals surface area contributed by atoms with Crippen molar-refractivity contribution in [1.29, 1.82) is 0 Å². The molecule has 9 heteroatoms. The molecule has 7 rings (SSSR count). The molecule has 6 aromatic rings. The SMILES string of the molecule is O=C(Nc1cncc(-c2cnc3[nH]nc(-c4nc5c(-c6ccccc6F)cccc5[nH]4)c3c2)c1)C1CC1. The second-order valence-corrected chi connectivity index (χ2v) is 9.19. The van der Waals surface area contributed by atoms with Crippen LogP contribution in [0.15, 0.2) is 73.2 Å². The number of hydrogen-bond acceptors (Lipinski definition) is 5. The van der Waals surface area contributed by atoms with E-state index in [2.05, 4.69) is 30.5 Å². The molecule has 1 amide bonds. The van der Waals surface area contributed by atoms with Gasteiger partial charge in [-0.2, -0.15) is 5.10 Å². The fourth-order valence-electron chi connectivity index (χ4n) is 4.54. The lowest BCUT2D eigenvalue weighted by Crippen LogP contribution is -2.13. The zero-order chi connectivity index (χ0) is 24.9. The van der Waals surface area contributed by atoms with Crippen LogP contribution in [0.4, 0.5) is 10.1 Å². The molecule has 0 radical (unpaired) electrons. The van der Waals surface area contributed by atoms with Gasteiger partial charge in [-0.05, 0) is 37.1 Å². The van der Waals surface area contributed by atoms with Crippen molar-refractivity contribution in [2.24, 2.45) is 5.92 Å². The Morgan fingerprint density at radius 1 is 0.973 bits per heavy atom. The minimum Gasteiger partial charge on any atom is -0.337 e. The van der Waals surface area contributed by atoms with Gasteiger partial charge in [-0.1, -0.05) is 30.3 Å². The van der Waals surface area contributed by atoms with Crippen LogP contribution in [0, 0.1) is 11.7 Å². The molecule has 0 saturated heterocycles. The summed E-state index contributed by atoms with van der Waals surface area (Å²) in [6, 6.07) is 16.1. The van der Waals surface area contributed by atoms with Gasteiger partial charge in [-0.15, -0.1) is 0 Å². The van der Waals surface area contributed by atoms with Crippen LogP contribution in [0.2, 0.25) is 0 Å². The van der Waals surface area contributed by atoms with Crippen LogP contribution in [0.3, 0.4) is 0 Å². The second kappa shape index (κ2) is 8.34. The molecule has 4 aromatic heterocycles. The van der Waals surface area contributed by atoms with Crippen molar-refractivity contribution >= 4 is 33.7 Å². The van der Waals surface area contributed by atoms with E-state index in [4.69, 9.17) is 4.98 Å². The van der Waals surface area contributed by atoms with E-state index in [0.29, 0.717) is 39.5 Å². The third-order valence-corrected chi connectivity index (χ3v) is 6.60. The number of rotatable bonds is 5. The van der Waals surface area contributed by atoms with Crippen molar-refractivity contribution in [3.8, 4) is 33.8 Å². The van der Waals surface area contributed by atoms with Crippen LogP contribution in [0.5, 0.6) is 0 Å². The topological polar surface area (TPSA) is 112 Å². The number of pyridine rings is 2. The Labute approximate surface area is 210 Å². The molecular formula is C28H20FN7O. The highest BCUT2D eigenvalue weighted by molar-refractivity contribution is 5.98. The Bertz CT molecular complexity index is 1820. The van der Waals surface area contributed by atoms with Gasteiger partial charge in [0.1, 0.15) is 11.5 Å². The molecule has 1 aliphatic carbocycles. The number of anilines is 1. The molecule has 0 bridgehead atoms. The lowest BCUT2D eigenvalue weighted by Gasteiger charge is -2.06. The number of para-hydroxylation sites is 1. The van der Waals surface area contributed by atoms with Gasteiger partial charge >= 0.3 is 0 Å². The maximum atomic E-state index is 14.5. The van der Waals surface area contributed by atoms with Gasteiger partial charge in [-0.25, -0.2) is 14.4 Å². The standard InChI is InChI=1S/C28H20FN7O/c29-22-6-2-1-4-19(22)20-5-3-7-23-24(20)34-27(33-23)25-21-11-17(13-31-26(21)36-35-25)16-10-18(14-30-12-16)32-28(37)15-8-9-15/h1-7,10-15H,8-9H2,(H,32,37)(H,33,34)(H,31,35,36). The number of halogens is 1. The van der Waals surface area contributed by atoms with Gasteiger partial charge in [-0.3, -0.25) is 14.9 Å². The highest BCUT2D eigenvalue weighted by atomic mass is 19.1. The second-order valence-electron chi connectivity index (χ2n) is 9.19. The number of aromatic nitrogens is 6. The zero-order valence-corrected chi connectivity index (χ0v) is 19.5. The van der Waals surface area contributed by atoms with Gasteiger partial charge in [0.15, 0.2) is 11.5 Å². The predicted molar refractivity (Wildman–Crippen MR) is 139 cm³/mol. The van der Waals surface area contributed by atoms with Crippen molar-refractivity contribution in [1.82, 2.24) is 30.1 Å². The van der Waals surface area contributed by atoms with E-state index < -0.39 is 0 Å². The van der Waals surface area contributed by atoms with E-state index in [1.807, 2.05) is 30.3 Å². The molecule has 1 aliphatic rings. The van der Waals surface area contributed by atoms with Crippen molar-refractivity contribution in [3.05, 3.63) is 79.0 Å². The Hall–Kier alpha value is -4.92. The molecular weight excluding hydrogens is 469 g/mol. The van der Waals surface area contributed by atoms with Crippen LogP contribution in [0.1, 0.15) is 12.8 Å². The van der Waals surface area contributed by atoms with Gasteiger partial charge < -0.3 is 10.3 Å². The Balaban J connectivity index is 1.29. The van der Waals surface area contributed by atoms with Crippen LogP contribution in [0.25, 0.3) is 55.8 Å². The average Bonchev–Trinajstić information content (AvgIpc) is 3.55. The minimum absolute atomic E-state index is 0.0317. The number of fused-ring (bicyclic) bond motifs is 2. The van der Waals surface area contributed by atoms with Crippen LogP contribution in [-0.4, -0.2) is 36.0 Å². The van der Waals surface area contributed by atoms with Crippen molar-refractivity contribution in [2.75, 3.05) is 5.32 Å². The summed E-state index contributed by atoms with van der Waals surface area (Å²) >= 11 is 0. The molecule has 37 heavy (non-hydrogen) atoms. The first-order chi connectivity index (χ1) is 18.1. The van der Waals surface area contributed by atoms with Gasteiger partial charge in [0.25, 0.3) is 0 Å². The number of nitrogens with zero attached hydrogens (tertiary/aromatic N) is 4. The largest absolute Gasteiger partial charge is 0.337 e. The molecule has 8 nitrogen and oxygen atoms in total. The third-order valence-electron chi connectivity index (χ3n) is 6.60. The number of imidazole rings is 1. The van der Waals surface area contributed by atoms with Gasteiger partial charge in [0, 0.05) is 40.6 Å². The molecule has 1 fully saturated rings. The highest BCUT2D eigenvalue weighted by Gasteiger charge is 2.29. The van der Waals surface area contributed by atoms with E-state index in [0.717, 1.165) is 34.9 Å². The molecule has 2 aromatic carbocycles. The van der Waals surface area contributed by atoms with Crippen molar-refractivity contribution < 1.29 is 9.18 Å². The number of nitrogens with one attached hydrogen (secondary N) is 3. The maximum absolute atomic E-state index is 14.5.